The number of anilines is 4. The van der Waals surface area contributed by atoms with Crippen LogP contribution in [0.15, 0.2) is 24.4 Å². The summed E-state index contributed by atoms with van der Waals surface area (Å²) >= 11 is 0. The van der Waals surface area contributed by atoms with E-state index < -0.39 is 18.4 Å². The number of ether oxygens (including phenoxy) is 1. The molecule has 7 rings (SSSR count). The number of nitrogens with one attached hydrogen (secondary N) is 3. The van der Waals surface area contributed by atoms with Gasteiger partial charge in [-0.1, -0.05) is 12.8 Å². The van der Waals surface area contributed by atoms with Crippen molar-refractivity contribution in [2.75, 3.05) is 75.1 Å². The topological polar surface area (TPSA) is 118 Å². The highest BCUT2D eigenvalue weighted by Crippen LogP contribution is 2.40. The Bertz CT molecular complexity index is 1490. The number of rotatable bonds is 8. The molecular weight excluding hydrogens is 620 g/mol. The molecule has 0 atom stereocenters. The van der Waals surface area contributed by atoms with Crippen LogP contribution in [0.25, 0.3) is 0 Å². The molecule has 2 aromatic rings. The lowest BCUT2D eigenvalue weighted by Crippen LogP contribution is -2.59. The Balaban J connectivity index is 0.979. The minimum Gasteiger partial charge on any atom is -0.495 e. The number of hydrazine groups is 1. The highest BCUT2D eigenvalue weighted by atomic mass is 19.3. The number of nitrogens with zero attached hydrogens (tertiary/aromatic N) is 6. The van der Waals surface area contributed by atoms with Crippen molar-refractivity contribution in [1.82, 2.24) is 30.6 Å². The Labute approximate surface area is 280 Å². The first-order chi connectivity index (χ1) is 23.2. The second-order valence-corrected chi connectivity index (χ2v) is 14.0. The van der Waals surface area contributed by atoms with Gasteiger partial charge in [0.1, 0.15) is 11.4 Å². The van der Waals surface area contributed by atoms with Crippen LogP contribution in [-0.4, -0.2) is 110 Å². The van der Waals surface area contributed by atoms with Crippen LogP contribution in [0.1, 0.15) is 61.7 Å². The fraction of sp³-hybridized carbons (Fsp3) is 0.647. The maximum Gasteiger partial charge on any atom is 0.342 e. The molecule has 260 valence electrons. The molecular formula is C34H47F2N9O3. The van der Waals surface area contributed by atoms with Gasteiger partial charge >= 0.3 is 5.92 Å². The zero-order valence-electron chi connectivity index (χ0n) is 27.9. The molecule has 4 aliphatic heterocycles. The van der Waals surface area contributed by atoms with Crippen LogP contribution in [-0.2, 0) is 4.79 Å². The number of benzene rings is 1. The van der Waals surface area contributed by atoms with Crippen LogP contribution in [0.4, 0.5) is 31.9 Å². The molecule has 0 spiro atoms. The molecule has 0 bridgehead atoms. The number of carbonyl (C=O) groups is 2. The maximum atomic E-state index is 15.0. The number of likely N-dealkylation sites (tertiary alicyclic amines) is 1. The number of hydrogen-bond acceptors (Lipinski definition) is 10. The van der Waals surface area contributed by atoms with Gasteiger partial charge in [0.05, 0.1) is 25.5 Å². The smallest absolute Gasteiger partial charge is 0.342 e. The standard InChI is InChI=1S/C34H47F2N9O3/c1-42-28-18-38-33(40-30(28)45(26-5-3-4-6-26)21-34(35,36)32(42)47)39-27-8-7-23(17-29(27)48-2)31(46)41-44-15-11-25(12-16-44)43-19-24(20-43)22-9-13-37-14-10-22/h7-8,17-18,22,24-26,37H,3-6,9-16,19-21H2,1-2H3,(H,41,46)(H,38,39,40). The van der Waals surface area contributed by atoms with E-state index in [0.29, 0.717) is 28.9 Å². The van der Waals surface area contributed by atoms with E-state index in [9.17, 15) is 18.4 Å². The van der Waals surface area contributed by atoms with Crippen LogP contribution in [0.3, 0.4) is 0 Å². The van der Waals surface area contributed by atoms with Crippen molar-refractivity contribution in [2.45, 2.75) is 69.4 Å². The third-order valence-corrected chi connectivity index (χ3v) is 11.1. The van der Waals surface area contributed by atoms with Crippen molar-refractivity contribution >= 4 is 35.0 Å². The molecule has 3 N–H and O–H groups in total. The molecule has 48 heavy (non-hydrogen) atoms. The number of fused-ring (bicyclic) bond motifs is 1. The minimum atomic E-state index is -3.55. The molecule has 2 amide bonds. The van der Waals surface area contributed by atoms with Gasteiger partial charge < -0.3 is 25.2 Å². The molecule has 4 fully saturated rings. The summed E-state index contributed by atoms with van der Waals surface area (Å²) in [5, 5.41) is 8.61. The van der Waals surface area contributed by atoms with Gasteiger partial charge in [0, 0.05) is 50.9 Å². The molecule has 5 heterocycles. The molecule has 12 nitrogen and oxygen atoms in total. The molecule has 1 aliphatic carbocycles. The zero-order chi connectivity index (χ0) is 33.4. The monoisotopic (exact) mass is 667 g/mol. The fourth-order valence-corrected chi connectivity index (χ4v) is 8.17. The number of methoxy groups -OCH3 is 1. The quantitative estimate of drug-likeness (QED) is 0.385. The summed E-state index contributed by atoms with van der Waals surface area (Å²) in [5.74, 6) is -2.45. The number of halogens is 2. The van der Waals surface area contributed by atoms with Crippen molar-refractivity contribution < 1.29 is 23.1 Å². The molecule has 1 aromatic heterocycles. The van der Waals surface area contributed by atoms with Crippen LogP contribution >= 0.6 is 0 Å². The summed E-state index contributed by atoms with van der Waals surface area (Å²) in [7, 11) is 2.84. The zero-order valence-corrected chi connectivity index (χ0v) is 27.9. The first-order valence-corrected chi connectivity index (χ1v) is 17.5. The minimum absolute atomic E-state index is 0.137. The van der Waals surface area contributed by atoms with E-state index in [4.69, 9.17) is 4.74 Å². The Morgan fingerprint density at radius 1 is 1.02 bits per heavy atom. The van der Waals surface area contributed by atoms with Crippen molar-refractivity contribution in [1.29, 1.82) is 0 Å². The summed E-state index contributed by atoms with van der Waals surface area (Å²) in [4.78, 5) is 40.0. The molecule has 14 heteroatoms. The molecule has 0 unspecified atom stereocenters. The molecule has 3 saturated heterocycles. The van der Waals surface area contributed by atoms with Gasteiger partial charge in [0.15, 0.2) is 5.82 Å². The summed E-state index contributed by atoms with van der Waals surface area (Å²) in [6.07, 6.45) is 9.47. The summed E-state index contributed by atoms with van der Waals surface area (Å²) in [5.41, 5.74) is 4.27. The average molecular weight is 668 g/mol. The summed E-state index contributed by atoms with van der Waals surface area (Å²) in [6, 6.07) is 5.53. The van der Waals surface area contributed by atoms with Crippen LogP contribution < -0.4 is 30.6 Å². The lowest BCUT2D eigenvalue weighted by atomic mass is 9.79. The van der Waals surface area contributed by atoms with E-state index in [1.807, 2.05) is 5.01 Å². The Hall–Kier alpha value is -3.62. The normalized spacial score (nSPS) is 23.5. The fourth-order valence-electron chi connectivity index (χ4n) is 8.17. The molecule has 5 aliphatic rings. The summed E-state index contributed by atoms with van der Waals surface area (Å²) < 4.78 is 35.5. The number of hydrogen-bond donors (Lipinski definition) is 3. The van der Waals surface area contributed by atoms with Gasteiger partial charge in [-0.15, -0.1) is 0 Å². The molecule has 1 aromatic carbocycles. The van der Waals surface area contributed by atoms with E-state index in [0.717, 1.165) is 81.4 Å². The maximum absolute atomic E-state index is 15.0. The van der Waals surface area contributed by atoms with E-state index in [1.54, 1.807) is 23.1 Å². The van der Waals surface area contributed by atoms with Gasteiger partial charge in [-0.05, 0) is 81.6 Å². The first kappa shape index (κ1) is 32.9. The number of alkyl halides is 2. The predicted octanol–water partition coefficient (Wildman–Crippen LogP) is 3.63. The van der Waals surface area contributed by atoms with Gasteiger partial charge in [-0.2, -0.15) is 13.8 Å². The van der Waals surface area contributed by atoms with Gasteiger partial charge in [0.25, 0.3) is 11.8 Å². The first-order valence-electron chi connectivity index (χ1n) is 17.5. The lowest BCUT2D eigenvalue weighted by molar-refractivity contribution is -0.140. The highest BCUT2D eigenvalue weighted by Gasteiger charge is 2.49. The average Bonchev–Trinajstić information content (AvgIpc) is 3.60. The van der Waals surface area contributed by atoms with Crippen molar-refractivity contribution in [3.63, 3.8) is 0 Å². The van der Waals surface area contributed by atoms with Crippen LogP contribution in [0.2, 0.25) is 0 Å². The Morgan fingerprint density at radius 2 is 1.75 bits per heavy atom. The van der Waals surface area contributed by atoms with Crippen LogP contribution in [0.5, 0.6) is 5.75 Å². The SMILES string of the molecule is COc1cc(C(=O)NN2CCC(N3CC(C4CCNCC4)C3)CC2)ccc1Nc1ncc2c(n1)N(C1CCCC1)CC(F)(F)C(=O)N2C. The van der Waals surface area contributed by atoms with Gasteiger partial charge in [-0.25, -0.2) is 9.99 Å². The predicted molar refractivity (Wildman–Crippen MR) is 179 cm³/mol. The van der Waals surface area contributed by atoms with Crippen molar-refractivity contribution in [3.05, 3.63) is 30.0 Å². The largest absolute Gasteiger partial charge is 0.495 e. The van der Waals surface area contributed by atoms with Gasteiger partial charge in [0.2, 0.25) is 5.95 Å². The lowest BCUT2D eigenvalue weighted by Gasteiger charge is -2.50. The number of aromatic nitrogens is 2. The second kappa shape index (κ2) is 13.7. The Kier molecular flexibility index (Phi) is 9.40. The van der Waals surface area contributed by atoms with Gasteiger partial charge in [-0.3, -0.25) is 19.9 Å². The van der Waals surface area contributed by atoms with E-state index in [-0.39, 0.29) is 23.6 Å². The van der Waals surface area contributed by atoms with Crippen molar-refractivity contribution in [3.8, 4) is 5.75 Å². The summed E-state index contributed by atoms with van der Waals surface area (Å²) in [6.45, 7) is 5.62. The third kappa shape index (κ3) is 6.66. The molecule has 1 saturated carbocycles. The highest BCUT2D eigenvalue weighted by molar-refractivity contribution is 6.02. The van der Waals surface area contributed by atoms with E-state index >= 15 is 0 Å². The van der Waals surface area contributed by atoms with E-state index in [1.165, 1.54) is 46.3 Å². The Morgan fingerprint density at radius 3 is 2.46 bits per heavy atom. The third-order valence-electron chi connectivity index (χ3n) is 11.1. The number of amides is 2. The number of piperidine rings is 2. The molecule has 0 radical (unpaired) electrons. The number of carbonyl (C=O) groups excluding carboxylic acids is 2. The van der Waals surface area contributed by atoms with E-state index in [2.05, 4.69) is 30.9 Å². The van der Waals surface area contributed by atoms with Crippen LogP contribution in [0, 0.1) is 11.8 Å². The second-order valence-electron chi connectivity index (χ2n) is 14.0. The van der Waals surface area contributed by atoms with Crippen molar-refractivity contribution in [2.24, 2.45) is 11.8 Å².